The van der Waals surface area contributed by atoms with Crippen LogP contribution in [0, 0.1) is 29.1 Å². The van der Waals surface area contributed by atoms with Gasteiger partial charge in [-0.25, -0.2) is 0 Å². The fourth-order valence-electron chi connectivity index (χ4n) is 6.16. The van der Waals surface area contributed by atoms with Gasteiger partial charge in [-0.15, -0.1) is 0 Å². The molecule has 172 valence electrons. The van der Waals surface area contributed by atoms with E-state index in [9.17, 15) is 14.4 Å². The highest BCUT2D eigenvalue weighted by molar-refractivity contribution is 5.86. The Balaban J connectivity index is 1.42. The average Bonchev–Trinajstić information content (AvgIpc) is 3.38. The summed E-state index contributed by atoms with van der Waals surface area (Å²) in [7, 11) is 0. The molecular formula is C25H32NO6+. The molecule has 4 aliphatic rings. The summed E-state index contributed by atoms with van der Waals surface area (Å²) >= 11 is 0. The SMILES string of the molecule is CC(C)(C)C(=O)OC1C2CC3C1OC(=O)C3C2C(=O)OC1(c2ccccc2)CC[NH2+]CC1. The number of carbonyl (C=O) groups excluding carboxylic acids is 3. The van der Waals surface area contributed by atoms with E-state index in [2.05, 4.69) is 5.32 Å². The topological polar surface area (TPSA) is 95.5 Å². The summed E-state index contributed by atoms with van der Waals surface area (Å²) in [4.78, 5) is 39.0. The molecule has 6 unspecified atom stereocenters. The molecule has 2 bridgehead atoms. The molecule has 1 aromatic carbocycles. The number of fused-ring (bicyclic) bond motifs is 1. The highest BCUT2D eigenvalue weighted by atomic mass is 16.6. The first-order valence-electron chi connectivity index (χ1n) is 11.7. The van der Waals surface area contributed by atoms with Gasteiger partial charge in [-0.1, -0.05) is 30.3 Å². The molecule has 2 aliphatic carbocycles. The highest BCUT2D eigenvalue weighted by Crippen LogP contribution is 2.59. The van der Waals surface area contributed by atoms with Crippen LogP contribution in [-0.2, 0) is 34.2 Å². The minimum Gasteiger partial charge on any atom is -0.458 e. The molecule has 2 heterocycles. The number of piperidine rings is 1. The Hall–Kier alpha value is -2.41. The lowest BCUT2D eigenvalue weighted by Gasteiger charge is -2.38. The standard InChI is InChI=1S/C25H31NO6/c1-24(2,3)23(29)31-20-16-13-15-17(21(27)30-19(15)20)18(16)22(28)32-25(9-11-26-12-10-25)14-7-5-4-6-8-14/h4-8,15-20,26H,9-13H2,1-3H3/p+1. The van der Waals surface area contributed by atoms with E-state index < -0.39 is 35.1 Å². The summed E-state index contributed by atoms with van der Waals surface area (Å²) in [6.07, 6.45) is 1.07. The van der Waals surface area contributed by atoms with Crippen molar-refractivity contribution in [3.05, 3.63) is 35.9 Å². The van der Waals surface area contributed by atoms with E-state index in [1.165, 1.54) is 0 Å². The van der Waals surface area contributed by atoms with E-state index in [-0.39, 0.29) is 29.7 Å². The Kier molecular flexibility index (Phi) is 5.08. The second-order valence-electron chi connectivity index (χ2n) is 10.8. The lowest BCUT2D eigenvalue weighted by Crippen LogP contribution is -2.87. The molecule has 2 aliphatic heterocycles. The van der Waals surface area contributed by atoms with E-state index in [4.69, 9.17) is 14.2 Å². The van der Waals surface area contributed by atoms with Gasteiger partial charge in [0, 0.05) is 24.7 Å². The van der Waals surface area contributed by atoms with Gasteiger partial charge in [-0.05, 0) is 32.8 Å². The summed E-state index contributed by atoms with van der Waals surface area (Å²) in [6, 6.07) is 9.89. The van der Waals surface area contributed by atoms with Gasteiger partial charge in [0.2, 0.25) is 0 Å². The third-order valence-electron chi connectivity index (χ3n) is 7.77. The largest absolute Gasteiger partial charge is 0.458 e. The number of quaternary nitrogens is 1. The maximum atomic E-state index is 13.7. The van der Waals surface area contributed by atoms with Crippen LogP contribution in [-0.4, -0.2) is 43.2 Å². The van der Waals surface area contributed by atoms with Crippen molar-refractivity contribution in [3.8, 4) is 0 Å². The van der Waals surface area contributed by atoms with Gasteiger partial charge in [-0.3, -0.25) is 14.4 Å². The van der Waals surface area contributed by atoms with E-state index in [0.717, 1.165) is 31.5 Å². The Morgan fingerprint density at radius 2 is 1.78 bits per heavy atom. The second-order valence-corrected chi connectivity index (χ2v) is 10.8. The van der Waals surface area contributed by atoms with Crippen LogP contribution in [0.25, 0.3) is 0 Å². The van der Waals surface area contributed by atoms with Crippen LogP contribution in [0.15, 0.2) is 30.3 Å². The molecule has 1 aromatic rings. The third kappa shape index (κ3) is 3.33. The molecular weight excluding hydrogens is 410 g/mol. The van der Waals surface area contributed by atoms with Gasteiger partial charge < -0.3 is 19.5 Å². The van der Waals surface area contributed by atoms with Gasteiger partial charge in [-0.2, -0.15) is 0 Å². The molecule has 7 nitrogen and oxygen atoms in total. The first-order chi connectivity index (χ1) is 15.2. The molecule has 2 N–H and O–H groups in total. The van der Waals surface area contributed by atoms with Gasteiger partial charge >= 0.3 is 17.9 Å². The fraction of sp³-hybridized carbons (Fsp3) is 0.640. The van der Waals surface area contributed by atoms with Gasteiger partial charge in [0.15, 0.2) is 0 Å². The predicted octanol–water partition coefficient (Wildman–Crippen LogP) is 1.55. The number of nitrogens with two attached hydrogens (primary N) is 1. The van der Waals surface area contributed by atoms with Crippen LogP contribution in [0.4, 0.5) is 0 Å². The second kappa shape index (κ2) is 7.58. The number of hydrogen-bond donors (Lipinski definition) is 1. The summed E-state index contributed by atoms with van der Waals surface area (Å²) in [5.41, 5.74) is -0.364. The predicted molar refractivity (Wildman–Crippen MR) is 113 cm³/mol. The summed E-state index contributed by atoms with van der Waals surface area (Å²) in [6.45, 7) is 7.13. The lowest BCUT2D eigenvalue weighted by atomic mass is 9.77. The molecule has 6 atom stereocenters. The van der Waals surface area contributed by atoms with Gasteiger partial charge in [0.05, 0.1) is 30.3 Å². The van der Waals surface area contributed by atoms with Gasteiger partial charge in [0.1, 0.15) is 17.8 Å². The Morgan fingerprint density at radius 1 is 1.09 bits per heavy atom. The number of hydrogen-bond acceptors (Lipinski definition) is 6. The number of esters is 3. The Labute approximate surface area is 188 Å². The van der Waals surface area contributed by atoms with Crippen LogP contribution in [0.3, 0.4) is 0 Å². The Bertz CT molecular complexity index is 916. The van der Waals surface area contributed by atoms with Crippen LogP contribution in [0.1, 0.15) is 45.6 Å². The molecule has 0 aromatic heterocycles. The number of benzene rings is 1. The van der Waals surface area contributed by atoms with Crippen molar-refractivity contribution in [1.29, 1.82) is 0 Å². The zero-order valence-corrected chi connectivity index (χ0v) is 18.9. The summed E-state index contributed by atoms with van der Waals surface area (Å²) in [5, 5.41) is 2.23. The van der Waals surface area contributed by atoms with Crippen molar-refractivity contribution in [2.24, 2.45) is 29.1 Å². The van der Waals surface area contributed by atoms with Crippen molar-refractivity contribution in [2.75, 3.05) is 13.1 Å². The molecule has 2 saturated heterocycles. The van der Waals surface area contributed by atoms with E-state index in [0.29, 0.717) is 6.42 Å². The summed E-state index contributed by atoms with van der Waals surface area (Å²) < 4.78 is 17.8. The average molecular weight is 443 g/mol. The highest BCUT2D eigenvalue weighted by Gasteiger charge is 2.70. The maximum Gasteiger partial charge on any atom is 0.311 e. The van der Waals surface area contributed by atoms with Crippen molar-refractivity contribution < 1.29 is 33.9 Å². The lowest BCUT2D eigenvalue weighted by molar-refractivity contribution is -0.668. The summed E-state index contributed by atoms with van der Waals surface area (Å²) in [5.74, 6) is -2.52. The first kappa shape index (κ1) is 21.4. The minimum atomic E-state index is -0.686. The van der Waals surface area contributed by atoms with Crippen LogP contribution in [0.2, 0.25) is 0 Å². The third-order valence-corrected chi connectivity index (χ3v) is 7.77. The van der Waals surface area contributed by atoms with E-state index in [1.807, 2.05) is 30.3 Å². The van der Waals surface area contributed by atoms with Gasteiger partial charge in [0.25, 0.3) is 0 Å². The first-order valence-corrected chi connectivity index (χ1v) is 11.7. The monoisotopic (exact) mass is 442 g/mol. The molecule has 0 spiro atoms. The Morgan fingerprint density at radius 3 is 2.44 bits per heavy atom. The molecule has 0 radical (unpaired) electrons. The zero-order valence-electron chi connectivity index (χ0n) is 18.9. The maximum absolute atomic E-state index is 13.7. The smallest absolute Gasteiger partial charge is 0.311 e. The van der Waals surface area contributed by atoms with Crippen molar-refractivity contribution in [3.63, 3.8) is 0 Å². The molecule has 0 amide bonds. The van der Waals surface area contributed by atoms with E-state index >= 15 is 0 Å². The molecule has 5 rings (SSSR count). The van der Waals surface area contributed by atoms with E-state index in [1.54, 1.807) is 20.8 Å². The minimum absolute atomic E-state index is 0.0878. The molecule has 32 heavy (non-hydrogen) atoms. The fourth-order valence-corrected chi connectivity index (χ4v) is 6.16. The quantitative estimate of drug-likeness (QED) is 0.562. The normalized spacial score (nSPS) is 34.8. The molecule has 4 fully saturated rings. The van der Waals surface area contributed by atoms with Crippen molar-refractivity contribution in [2.45, 2.75) is 57.8 Å². The molecule has 7 heteroatoms. The number of rotatable bonds is 4. The van der Waals surface area contributed by atoms with Crippen molar-refractivity contribution >= 4 is 17.9 Å². The number of carbonyl (C=O) groups is 3. The zero-order chi connectivity index (χ0) is 22.7. The number of ether oxygens (including phenoxy) is 3. The van der Waals surface area contributed by atoms with Crippen molar-refractivity contribution in [1.82, 2.24) is 0 Å². The van der Waals surface area contributed by atoms with Crippen LogP contribution >= 0.6 is 0 Å². The van der Waals surface area contributed by atoms with Crippen LogP contribution < -0.4 is 5.32 Å². The molecule has 2 saturated carbocycles. The van der Waals surface area contributed by atoms with Crippen LogP contribution in [0.5, 0.6) is 0 Å².